The van der Waals surface area contributed by atoms with Crippen LogP contribution in [-0.4, -0.2) is 14.3 Å². The number of amides is 1. The highest BCUT2D eigenvalue weighted by molar-refractivity contribution is 7.92. The van der Waals surface area contributed by atoms with Crippen LogP contribution in [0.5, 0.6) is 0 Å². The molecule has 1 aliphatic carbocycles. The second-order valence-electron chi connectivity index (χ2n) is 7.76. The number of thiophene rings is 1. The number of carbonyl (C=O) groups is 1. The van der Waals surface area contributed by atoms with E-state index in [4.69, 9.17) is 11.6 Å². The standard InChI is InChI=1S/C23H20ClN3O3S2/c1-14-5-10-19-20(13-25)23(31-21(19)11-14)26-22(28)15-3-2-4-17(12-15)27-32(29,30)18-8-6-16(24)7-9-18/h2-4,6-9,12,14,27H,5,10-11H2,1H3,(H,26,28). The Bertz CT molecular complexity index is 1330. The highest BCUT2D eigenvalue weighted by Gasteiger charge is 2.25. The number of nitrogens with zero attached hydrogens (tertiary/aromatic N) is 1. The molecule has 164 valence electrons. The Labute approximate surface area is 195 Å². The van der Waals surface area contributed by atoms with Crippen LogP contribution in [-0.2, 0) is 22.9 Å². The number of fused-ring (bicyclic) bond motifs is 1. The lowest BCUT2D eigenvalue weighted by molar-refractivity contribution is 0.102. The molecule has 1 aromatic heterocycles. The van der Waals surface area contributed by atoms with Crippen LogP contribution >= 0.6 is 22.9 Å². The normalized spacial score (nSPS) is 15.5. The van der Waals surface area contributed by atoms with Crippen molar-refractivity contribution in [3.8, 4) is 6.07 Å². The molecule has 1 aliphatic rings. The molecule has 0 saturated heterocycles. The molecule has 2 aromatic carbocycles. The van der Waals surface area contributed by atoms with Crippen molar-refractivity contribution in [3.63, 3.8) is 0 Å². The average molecular weight is 486 g/mol. The van der Waals surface area contributed by atoms with E-state index in [1.165, 1.54) is 41.7 Å². The van der Waals surface area contributed by atoms with Crippen molar-refractivity contribution in [1.82, 2.24) is 0 Å². The van der Waals surface area contributed by atoms with E-state index in [2.05, 4.69) is 23.0 Å². The molecule has 0 fully saturated rings. The minimum absolute atomic E-state index is 0.0637. The largest absolute Gasteiger partial charge is 0.312 e. The Morgan fingerprint density at radius 1 is 1.22 bits per heavy atom. The number of hydrogen-bond acceptors (Lipinski definition) is 5. The minimum Gasteiger partial charge on any atom is -0.312 e. The maximum absolute atomic E-state index is 12.9. The minimum atomic E-state index is -3.83. The summed E-state index contributed by atoms with van der Waals surface area (Å²) in [5, 5.41) is 13.5. The van der Waals surface area contributed by atoms with Crippen LogP contribution in [0.2, 0.25) is 5.02 Å². The van der Waals surface area contributed by atoms with Gasteiger partial charge in [-0.2, -0.15) is 5.26 Å². The number of rotatable bonds is 5. The number of sulfonamides is 1. The van der Waals surface area contributed by atoms with Gasteiger partial charge in [-0.3, -0.25) is 9.52 Å². The number of halogens is 1. The summed E-state index contributed by atoms with van der Waals surface area (Å²) in [6, 6.07) is 14.3. The molecule has 6 nitrogen and oxygen atoms in total. The van der Waals surface area contributed by atoms with E-state index in [1.54, 1.807) is 18.2 Å². The van der Waals surface area contributed by atoms with Gasteiger partial charge in [0.05, 0.1) is 10.5 Å². The van der Waals surface area contributed by atoms with E-state index < -0.39 is 15.9 Å². The summed E-state index contributed by atoms with van der Waals surface area (Å²) in [7, 11) is -3.83. The van der Waals surface area contributed by atoms with Crippen molar-refractivity contribution in [3.05, 3.63) is 75.1 Å². The predicted molar refractivity (Wildman–Crippen MR) is 127 cm³/mol. The predicted octanol–water partition coefficient (Wildman–Crippen LogP) is 5.45. The maximum atomic E-state index is 12.9. The quantitative estimate of drug-likeness (QED) is 0.501. The Kier molecular flexibility index (Phi) is 6.24. The summed E-state index contributed by atoms with van der Waals surface area (Å²) in [6.45, 7) is 2.18. The van der Waals surface area contributed by atoms with Gasteiger partial charge >= 0.3 is 0 Å². The number of nitriles is 1. The fourth-order valence-corrected chi connectivity index (χ4v) is 6.22. The highest BCUT2D eigenvalue weighted by atomic mass is 35.5. The highest BCUT2D eigenvalue weighted by Crippen LogP contribution is 2.39. The third-order valence-corrected chi connectivity index (χ3v) is 8.17. The average Bonchev–Trinajstić information content (AvgIpc) is 3.09. The molecule has 1 amide bonds. The number of hydrogen-bond donors (Lipinski definition) is 2. The summed E-state index contributed by atoms with van der Waals surface area (Å²) < 4.78 is 27.7. The Hall–Kier alpha value is -2.86. The van der Waals surface area contributed by atoms with Gasteiger partial charge in [0.25, 0.3) is 15.9 Å². The molecule has 0 bridgehead atoms. The van der Waals surface area contributed by atoms with E-state index in [0.29, 0.717) is 21.5 Å². The monoisotopic (exact) mass is 485 g/mol. The molecule has 0 radical (unpaired) electrons. The van der Waals surface area contributed by atoms with Gasteiger partial charge in [-0.25, -0.2) is 8.42 Å². The van der Waals surface area contributed by atoms with E-state index in [9.17, 15) is 18.5 Å². The van der Waals surface area contributed by atoms with Gasteiger partial charge in [0.2, 0.25) is 0 Å². The lowest BCUT2D eigenvalue weighted by atomic mass is 9.88. The lowest BCUT2D eigenvalue weighted by Crippen LogP contribution is -2.15. The molecule has 1 unspecified atom stereocenters. The van der Waals surface area contributed by atoms with Crippen molar-refractivity contribution >= 4 is 49.6 Å². The summed E-state index contributed by atoms with van der Waals surface area (Å²) in [6.07, 6.45) is 2.78. The van der Waals surface area contributed by atoms with Crippen molar-refractivity contribution in [2.24, 2.45) is 5.92 Å². The molecular weight excluding hydrogens is 466 g/mol. The lowest BCUT2D eigenvalue weighted by Gasteiger charge is -2.17. The zero-order valence-electron chi connectivity index (χ0n) is 17.2. The van der Waals surface area contributed by atoms with Gasteiger partial charge in [-0.1, -0.05) is 24.6 Å². The molecule has 32 heavy (non-hydrogen) atoms. The smallest absolute Gasteiger partial charge is 0.261 e. The second-order valence-corrected chi connectivity index (χ2v) is 11.0. The van der Waals surface area contributed by atoms with Gasteiger partial charge in [-0.15, -0.1) is 11.3 Å². The van der Waals surface area contributed by atoms with E-state index >= 15 is 0 Å². The Morgan fingerprint density at radius 2 is 1.97 bits per heavy atom. The number of nitrogens with one attached hydrogen (secondary N) is 2. The summed E-state index contributed by atoms with van der Waals surface area (Å²) in [5.41, 5.74) is 2.11. The van der Waals surface area contributed by atoms with Crippen LogP contribution in [0.25, 0.3) is 0 Å². The molecule has 3 aromatic rings. The fraction of sp³-hybridized carbons (Fsp3) is 0.217. The fourth-order valence-electron chi connectivity index (χ4n) is 3.68. The summed E-state index contributed by atoms with van der Waals surface area (Å²) in [5.74, 6) is 0.155. The van der Waals surface area contributed by atoms with Crippen LogP contribution in [0, 0.1) is 17.2 Å². The first kappa shape index (κ1) is 22.3. The van der Waals surface area contributed by atoms with Crippen LogP contribution in [0.4, 0.5) is 10.7 Å². The maximum Gasteiger partial charge on any atom is 0.261 e. The van der Waals surface area contributed by atoms with E-state index in [-0.39, 0.29) is 16.1 Å². The zero-order chi connectivity index (χ0) is 22.9. The van der Waals surface area contributed by atoms with Crippen molar-refractivity contribution in [1.29, 1.82) is 5.26 Å². The van der Waals surface area contributed by atoms with Gasteiger partial charge in [-0.05, 0) is 73.2 Å². The van der Waals surface area contributed by atoms with Gasteiger partial charge in [0, 0.05) is 21.2 Å². The third-order valence-electron chi connectivity index (χ3n) is 5.35. The van der Waals surface area contributed by atoms with E-state index in [1.807, 2.05) is 0 Å². The van der Waals surface area contributed by atoms with Crippen LogP contribution < -0.4 is 10.0 Å². The Balaban J connectivity index is 1.55. The molecule has 1 atom stereocenters. The van der Waals surface area contributed by atoms with Crippen molar-refractivity contribution in [2.45, 2.75) is 31.1 Å². The number of benzene rings is 2. The number of carbonyl (C=O) groups excluding carboxylic acids is 1. The van der Waals surface area contributed by atoms with Gasteiger partial charge in [0.15, 0.2) is 0 Å². The van der Waals surface area contributed by atoms with Crippen molar-refractivity contribution < 1.29 is 13.2 Å². The second kappa shape index (κ2) is 8.94. The number of anilines is 2. The Morgan fingerprint density at radius 3 is 2.69 bits per heavy atom. The van der Waals surface area contributed by atoms with Gasteiger partial charge in [0.1, 0.15) is 11.1 Å². The molecule has 2 N–H and O–H groups in total. The first-order chi connectivity index (χ1) is 15.3. The van der Waals surface area contributed by atoms with Crippen molar-refractivity contribution in [2.75, 3.05) is 10.0 Å². The molecule has 0 spiro atoms. The zero-order valence-corrected chi connectivity index (χ0v) is 19.6. The molecule has 0 saturated carbocycles. The summed E-state index contributed by atoms with van der Waals surface area (Å²) >= 11 is 7.28. The molecule has 0 aliphatic heterocycles. The topological polar surface area (TPSA) is 99.1 Å². The molecule has 4 rings (SSSR count). The van der Waals surface area contributed by atoms with Crippen LogP contribution in [0.15, 0.2) is 53.4 Å². The van der Waals surface area contributed by atoms with E-state index in [0.717, 1.165) is 29.7 Å². The van der Waals surface area contributed by atoms with Crippen LogP contribution in [0.1, 0.15) is 39.7 Å². The molecule has 9 heteroatoms. The van der Waals surface area contributed by atoms with Gasteiger partial charge < -0.3 is 5.32 Å². The third kappa shape index (κ3) is 4.65. The SMILES string of the molecule is CC1CCc2c(sc(NC(=O)c3cccc(NS(=O)(=O)c4ccc(Cl)cc4)c3)c2C#N)C1. The molecule has 1 heterocycles. The first-order valence-corrected chi connectivity index (χ1v) is 12.7. The van der Waals surface area contributed by atoms with Crippen LogP contribution in [0.3, 0.4) is 0 Å². The summed E-state index contributed by atoms with van der Waals surface area (Å²) in [4.78, 5) is 14.1. The first-order valence-electron chi connectivity index (χ1n) is 10.0. The molecular formula is C23H20ClN3O3S2.